The minimum Gasteiger partial charge on any atom is -0.369 e. The van der Waals surface area contributed by atoms with E-state index in [1.165, 1.54) is 36.2 Å². The third kappa shape index (κ3) is 2.81. The average Bonchev–Trinajstić information content (AvgIpc) is 2.28. The Labute approximate surface area is 105 Å². The fourth-order valence-corrected chi connectivity index (χ4v) is 2.52. The summed E-state index contributed by atoms with van der Waals surface area (Å²) in [7, 11) is 2.04. The van der Waals surface area contributed by atoms with Gasteiger partial charge in [-0.3, -0.25) is 0 Å². The molecule has 1 aliphatic heterocycles. The minimum absolute atomic E-state index is 0.166. The van der Waals surface area contributed by atoms with Crippen LogP contribution in [0.15, 0.2) is 18.2 Å². The molecule has 0 aliphatic carbocycles. The fraction of sp³-hybridized carbons (Fsp3) is 0.600. The molecule has 1 aliphatic rings. The maximum Gasteiger partial charge on any atom is 0.0399 e. The normalized spacial score (nSPS) is 15.9. The number of hydrogen-bond donors (Lipinski definition) is 1. The first-order valence-corrected chi connectivity index (χ1v) is 6.55. The van der Waals surface area contributed by atoms with Crippen LogP contribution in [0.4, 0.5) is 5.69 Å². The zero-order chi connectivity index (χ0) is 12.5. The predicted octanol–water partition coefficient (Wildman–Crippen LogP) is 2.75. The molecule has 0 fully saturated rings. The van der Waals surface area contributed by atoms with Crippen molar-refractivity contribution in [2.24, 2.45) is 0 Å². The van der Waals surface area contributed by atoms with E-state index < -0.39 is 0 Å². The van der Waals surface area contributed by atoms with Gasteiger partial charge in [0.2, 0.25) is 0 Å². The van der Waals surface area contributed by atoms with Crippen molar-refractivity contribution in [2.75, 3.05) is 25.0 Å². The van der Waals surface area contributed by atoms with Gasteiger partial charge in [0.15, 0.2) is 0 Å². The van der Waals surface area contributed by atoms with Gasteiger partial charge >= 0.3 is 0 Å². The Balaban J connectivity index is 2.23. The molecule has 0 unspecified atom stereocenters. The summed E-state index contributed by atoms with van der Waals surface area (Å²) in [5.41, 5.74) is 4.49. The van der Waals surface area contributed by atoms with Gasteiger partial charge in [-0.2, -0.15) is 0 Å². The van der Waals surface area contributed by atoms with Crippen molar-refractivity contribution in [3.05, 3.63) is 29.3 Å². The van der Waals surface area contributed by atoms with Gasteiger partial charge in [0, 0.05) is 24.3 Å². The summed E-state index contributed by atoms with van der Waals surface area (Å²) in [6, 6.07) is 6.85. The van der Waals surface area contributed by atoms with Crippen LogP contribution in [-0.2, 0) is 6.42 Å². The maximum atomic E-state index is 3.39. The molecular formula is C15H24N2. The molecule has 0 bridgehead atoms. The van der Waals surface area contributed by atoms with Crippen molar-refractivity contribution in [3.63, 3.8) is 0 Å². The van der Waals surface area contributed by atoms with Crippen molar-refractivity contribution in [2.45, 2.75) is 39.2 Å². The smallest absolute Gasteiger partial charge is 0.0399 e. The fourth-order valence-electron chi connectivity index (χ4n) is 2.52. The lowest BCUT2D eigenvalue weighted by molar-refractivity contribution is 0.416. The van der Waals surface area contributed by atoms with Crippen molar-refractivity contribution in [3.8, 4) is 0 Å². The van der Waals surface area contributed by atoms with Gasteiger partial charge in [0.25, 0.3) is 0 Å². The molecule has 2 rings (SSSR count). The van der Waals surface area contributed by atoms with E-state index >= 15 is 0 Å². The Morgan fingerprint density at radius 2 is 2.12 bits per heavy atom. The molecule has 1 aromatic rings. The molecule has 0 atom stereocenters. The van der Waals surface area contributed by atoms with E-state index in [0.717, 1.165) is 6.54 Å². The zero-order valence-corrected chi connectivity index (χ0v) is 11.5. The Hall–Kier alpha value is -1.02. The third-order valence-corrected chi connectivity index (χ3v) is 3.71. The first-order chi connectivity index (χ1) is 8.02. The summed E-state index contributed by atoms with van der Waals surface area (Å²) in [5.74, 6) is 0. The predicted molar refractivity (Wildman–Crippen MR) is 74.9 cm³/mol. The van der Waals surface area contributed by atoms with Crippen molar-refractivity contribution < 1.29 is 0 Å². The number of benzene rings is 1. The van der Waals surface area contributed by atoms with Gasteiger partial charge in [-0.05, 0) is 52.3 Å². The van der Waals surface area contributed by atoms with E-state index in [-0.39, 0.29) is 5.54 Å². The Bertz CT molecular complexity index is 396. The summed E-state index contributed by atoms with van der Waals surface area (Å²) in [6.45, 7) is 8.95. The highest BCUT2D eigenvalue weighted by atomic mass is 15.2. The zero-order valence-electron chi connectivity index (χ0n) is 11.5. The molecule has 0 radical (unpaired) electrons. The van der Waals surface area contributed by atoms with Crippen LogP contribution in [0.3, 0.4) is 0 Å². The molecule has 94 valence electrons. The van der Waals surface area contributed by atoms with Crippen molar-refractivity contribution >= 4 is 5.69 Å². The van der Waals surface area contributed by atoms with Crippen LogP contribution in [0, 0.1) is 6.92 Å². The summed E-state index contributed by atoms with van der Waals surface area (Å²) in [5, 5.41) is 3.39. The molecule has 0 saturated carbocycles. The van der Waals surface area contributed by atoms with E-state index in [0.29, 0.717) is 0 Å². The molecule has 2 heteroatoms. The summed E-state index contributed by atoms with van der Waals surface area (Å²) < 4.78 is 0. The number of aryl methyl sites for hydroxylation is 2. The van der Waals surface area contributed by atoms with Gasteiger partial charge < -0.3 is 10.2 Å². The molecule has 2 nitrogen and oxygen atoms in total. The van der Waals surface area contributed by atoms with E-state index in [4.69, 9.17) is 0 Å². The topological polar surface area (TPSA) is 15.3 Å². The van der Waals surface area contributed by atoms with Crippen LogP contribution in [0.25, 0.3) is 0 Å². The molecule has 0 saturated heterocycles. The second-order valence-corrected chi connectivity index (χ2v) is 5.79. The van der Waals surface area contributed by atoms with Crippen LogP contribution in [-0.4, -0.2) is 25.7 Å². The number of nitrogens with one attached hydrogen (secondary N) is 1. The second kappa shape index (κ2) is 4.69. The lowest BCUT2D eigenvalue weighted by atomic mass is 9.97. The van der Waals surface area contributed by atoms with E-state index in [1.54, 1.807) is 0 Å². The van der Waals surface area contributed by atoms with Gasteiger partial charge in [0.05, 0.1) is 0 Å². The van der Waals surface area contributed by atoms with E-state index in [2.05, 4.69) is 49.2 Å². The first kappa shape index (κ1) is 12.4. The van der Waals surface area contributed by atoms with Gasteiger partial charge in [-0.1, -0.05) is 17.7 Å². The number of hydrogen-bond acceptors (Lipinski definition) is 2. The second-order valence-electron chi connectivity index (χ2n) is 5.79. The highest BCUT2D eigenvalue weighted by Gasteiger charge is 2.23. The van der Waals surface area contributed by atoms with Gasteiger partial charge in [-0.15, -0.1) is 0 Å². The van der Waals surface area contributed by atoms with Crippen LogP contribution in [0.5, 0.6) is 0 Å². The van der Waals surface area contributed by atoms with Gasteiger partial charge in [-0.25, -0.2) is 0 Å². The number of likely N-dealkylation sites (N-methyl/N-ethyl adjacent to an activating group) is 1. The molecule has 0 aromatic heterocycles. The Kier molecular flexibility index (Phi) is 3.43. The standard InChI is InChI=1S/C15H24N2/c1-12-7-8-14-13(10-12)6-5-9-17(14)11-15(2,3)16-4/h7-8,10,16H,5-6,9,11H2,1-4H3. The third-order valence-electron chi connectivity index (χ3n) is 3.71. The lowest BCUT2D eigenvalue weighted by Gasteiger charge is -2.37. The molecule has 0 spiro atoms. The quantitative estimate of drug-likeness (QED) is 0.862. The van der Waals surface area contributed by atoms with Crippen LogP contribution < -0.4 is 10.2 Å². The van der Waals surface area contributed by atoms with Crippen LogP contribution in [0.1, 0.15) is 31.4 Å². The lowest BCUT2D eigenvalue weighted by Crippen LogP contribution is -2.48. The maximum absolute atomic E-state index is 3.39. The number of fused-ring (bicyclic) bond motifs is 1. The van der Waals surface area contributed by atoms with E-state index in [9.17, 15) is 0 Å². The van der Waals surface area contributed by atoms with Crippen molar-refractivity contribution in [1.82, 2.24) is 5.32 Å². The van der Waals surface area contributed by atoms with Crippen molar-refractivity contribution in [1.29, 1.82) is 0 Å². The minimum atomic E-state index is 0.166. The highest BCUT2D eigenvalue weighted by Crippen LogP contribution is 2.28. The summed E-state index contributed by atoms with van der Waals surface area (Å²) in [6.07, 6.45) is 2.50. The largest absolute Gasteiger partial charge is 0.369 e. The first-order valence-electron chi connectivity index (χ1n) is 6.55. The monoisotopic (exact) mass is 232 g/mol. The number of anilines is 1. The Morgan fingerprint density at radius 3 is 2.82 bits per heavy atom. The molecule has 0 amide bonds. The summed E-state index contributed by atoms with van der Waals surface area (Å²) in [4.78, 5) is 2.52. The highest BCUT2D eigenvalue weighted by molar-refractivity contribution is 5.57. The van der Waals surface area contributed by atoms with Crippen LogP contribution >= 0.6 is 0 Å². The Morgan fingerprint density at radius 1 is 1.35 bits per heavy atom. The molecular weight excluding hydrogens is 208 g/mol. The molecule has 1 aromatic carbocycles. The SMILES string of the molecule is CNC(C)(C)CN1CCCc2cc(C)ccc21. The molecule has 1 heterocycles. The summed E-state index contributed by atoms with van der Waals surface area (Å²) >= 11 is 0. The number of nitrogens with zero attached hydrogens (tertiary/aromatic N) is 1. The van der Waals surface area contributed by atoms with E-state index in [1.807, 2.05) is 7.05 Å². The molecule has 1 N–H and O–H groups in total. The number of rotatable bonds is 3. The van der Waals surface area contributed by atoms with Crippen LogP contribution in [0.2, 0.25) is 0 Å². The molecule has 17 heavy (non-hydrogen) atoms. The average molecular weight is 232 g/mol. The van der Waals surface area contributed by atoms with Gasteiger partial charge in [0.1, 0.15) is 0 Å².